The Kier molecular flexibility index (Phi) is 3.46. The molecule has 18 heavy (non-hydrogen) atoms. The molecule has 2 nitrogen and oxygen atoms in total. The predicted molar refractivity (Wildman–Crippen MR) is 66.6 cm³/mol. The molecule has 0 bridgehead atoms. The third-order valence-corrected chi connectivity index (χ3v) is 2.81. The molecule has 0 saturated heterocycles. The first-order valence-electron chi connectivity index (χ1n) is 5.47. The van der Waals surface area contributed by atoms with Crippen LogP contribution in [0.2, 0.25) is 0 Å². The van der Waals surface area contributed by atoms with Gasteiger partial charge in [-0.15, -0.1) is 0 Å². The molecule has 0 spiro atoms. The molecule has 0 aliphatic rings. The molecular weight excluding hydrogens is 236 g/mol. The molecule has 0 atom stereocenters. The first kappa shape index (κ1) is 12.4. The van der Waals surface area contributed by atoms with Gasteiger partial charge in [-0.05, 0) is 23.8 Å². The summed E-state index contributed by atoms with van der Waals surface area (Å²) in [5.74, 6) is -0.640. The molecule has 0 aliphatic heterocycles. The lowest BCUT2D eigenvalue weighted by molar-refractivity contribution is 0.416. The Hall–Kier alpha value is -2.10. The Morgan fingerprint density at radius 1 is 1.06 bits per heavy atom. The van der Waals surface area contributed by atoms with Crippen molar-refractivity contribution < 1.29 is 13.5 Å². The molecule has 0 saturated carbocycles. The minimum Gasteiger partial charge on any atom is -0.495 e. The highest BCUT2D eigenvalue weighted by Gasteiger charge is 2.12. The molecule has 0 unspecified atom stereocenters. The van der Waals surface area contributed by atoms with E-state index in [1.807, 2.05) is 0 Å². The van der Waals surface area contributed by atoms with Gasteiger partial charge >= 0.3 is 0 Å². The fourth-order valence-corrected chi connectivity index (χ4v) is 1.81. The lowest BCUT2D eigenvalue weighted by Gasteiger charge is -2.11. The molecular formula is C14H13F2NO. The largest absolute Gasteiger partial charge is 0.495 e. The molecule has 2 rings (SSSR count). The van der Waals surface area contributed by atoms with Gasteiger partial charge in [-0.3, -0.25) is 0 Å². The van der Waals surface area contributed by atoms with E-state index < -0.39 is 11.6 Å². The lowest BCUT2D eigenvalue weighted by Crippen LogP contribution is -2.02. The second-order valence-corrected chi connectivity index (χ2v) is 3.91. The maximum absolute atomic E-state index is 13.5. The Morgan fingerprint density at radius 3 is 2.28 bits per heavy atom. The number of nitrogen functional groups attached to an aromatic ring is 1. The second kappa shape index (κ2) is 5.04. The fraction of sp³-hybridized carbons (Fsp3) is 0.143. The van der Waals surface area contributed by atoms with Crippen molar-refractivity contribution in [3.8, 4) is 5.75 Å². The normalized spacial score (nSPS) is 10.4. The number of hydrogen-bond acceptors (Lipinski definition) is 2. The number of benzene rings is 2. The van der Waals surface area contributed by atoms with Gasteiger partial charge in [0.15, 0.2) is 0 Å². The summed E-state index contributed by atoms with van der Waals surface area (Å²) in [5.41, 5.74) is 6.93. The summed E-state index contributed by atoms with van der Waals surface area (Å²) in [7, 11) is 1.50. The van der Waals surface area contributed by atoms with Crippen LogP contribution in [0.25, 0.3) is 0 Å². The highest BCUT2D eigenvalue weighted by atomic mass is 19.1. The third kappa shape index (κ3) is 2.27. The Bertz CT molecular complexity index is 549. The molecule has 0 heterocycles. The first-order chi connectivity index (χ1) is 8.63. The van der Waals surface area contributed by atoms with Crippen LogP contribution in [-0.4, -0.2) is 7.11 Å². The van der Waals surface area contributed by atoms with Gasteiger partial charge in [0.25, 0.3) is 0 Å². The van der Waals surface area contributed by atoms with Crippen LogP contribution in [-0.2, 0) is 6.42 Å². The minimum absolute atomic E-state index is 0.0115. The summed E-state index contributed by atoms with van der Waals surface area (Å²) in [6, 6.07) is 8.97. The van der Waals surface area contributed by atoms with Gasteiger partial charge in [0.2, 0.25) is 0 Å². The van der Waals surface area contributed by atoms with Gasteiger partial charge in [0.1, 0.15) is 17.4 Å². The number of hydrogen-bond donors (Lipinski definition) is 1. The number of nitrogens with two attached hydrogens (primary N) is 1. The monoisotopic (exact) mass is 249 g/mol. The SMILES string of the molecule is COc1cccc(Cc2c(F)cccc2F)c1N. The Labute approximate surface area is 104 Å². The summed E-state index contributed by atoms with van der Waals surface area (Å²) in [4.78, 5) is 0. The maximum atomic E-state index is 13.5. The van der Waals surface area contributed by atoms with Crippen molar-refractivity contribution >= 4 is 5.69 Å². The number of methoxy groups -OCH3 is 1. The number of anilines is 1. The minimum atomic E-state index is -0.572. The average molecular weight is 249 g/mol. The summed E-state index contributed by atoms with van der Waals surface area (Å²) in [5, 5.41) is 0. The van der Waals surface area contributed by atoms with Gasteiger partial charge in [0, 0.05) is 12.0 Å². The van der Waals surface area contributed by atoms with E-state index in [4.69, 9.17) is 10.5 Å². The Balaban J connectivity index is 2.40. The zero-order chi connectivity index (χ0) is 13.1. The predicted octanol–water partition coefficient (Wildman–Crippen LogP) is 3.15. The zero-order valence-electron chi connectivity index (χ0n) is 9.91. The van der Waals surface area contributed by atoms with E-state index in [1.165, 1.54) is 25.3 Å². The number of rotatable bonds is 3. The average Bonchev–Trinajstić information content (AvgIpc) is 2.36. The van der Waals surface area contributed by atoms with Crippen LogP contribution in [0.1, 0.15) is 11.1 Å². The van der Waals surface area contributed by atoms with E-state index in [-0.39, 0.29) is 12.0 Å². The van der Waals surface area contributed by atoms with Gasteiger partial charge in [0.05, 0.1) is 12.8 Å². The quantitative estimate of drug-likeness (QED) is 0.848. The molecule has 0 amide bonds. The van der Waals surface area contributed by atoms with Crippen molar-refractivity contribution in [3.63, 3.8) is 0 Å². The summed E-state index contributed by atoms with van der Waals surface area (Å²) in [6.45, 7) is 0. The van der Waals surface area contributed by atoms with E-state index in [2.05, 4.69) is 0 Å². The number of para-hydroxylation sites is 1. The number of ether oxygens (including phenoxy) is 1. The van der Waals surface area contributed by atoms with Crippen LogP contribution < -0.4 is 10.5 Å². The fourth-order valence-electron chi connectivity index (χ4n) is 1.81. The zero-order valence-corrected chi connectivity index (χ0v) is 9.91. The van der Waals surface area contributed by atoms with Gasteiger partial charge in [-0.1, -0.05) is 18.2 Å². The Morgan fingerprint density at radius 2 is 1.67 bits per heavy atom. The summed E-state index contributed by atoms with van der Waals surface area (Å²) >= 11 is 0. The first-order valence-corrected chi connectivity index (χ1v) is 5.47. The van der Waals surface area contributed by atoms with Crippen LogP contribution in [0.5, 0.6) is 5.75 Å². The van der Waals surface area contributed by atoms with Gasteiger partial charge < -0.3 is 10.5 Å². The van der Waals surface area contributed by atoms with Crippen molar-refractivity contribution in [2.24, 2.45) is 0 Å². The van der Waals surface area contributed by atoms with Crippen LogP contribution in [0.4, 0.5) is 14.5 Å². The van der Waals surface area contributed by atoms with E-state index in [1.54, 1.807) is 18.2 Å². The molecule has 0 radical (unpaired) electrons. The lowest BCUT2D eigenvalue weighted by atomic mass is 10.0. The van der Waals surface area contributed by atoms with E-state index in [0.717, 1.165) is 0 Å². The smallest absolute Gasteiger partial charge is 0.142 e. The van der Waals surface area contributed by atoms with Gasteiger partial charge in [-0.2, -0.15) is 0 Å². The molecule has 94 valence electrons. The molecule has 2 aromatic rings. The topological polar surface area (TPSA) is 35.2 Å². The highest BCUT2D eigenvalue weighted by molar-refractivity contribution is 5.59. The van der Waals surface area contributed by atoms with Crippen LogP contribution in [0.3, 0.4) is 0 Å². The van der Waals surface area contributed by atoms with Crippen LogP contribution >= 0.6 is 0 Å². The van der Waals surface area contributed by atoms with E-state index in [9.17, 15) is 8.78 Å². The van der Waals surface area contributed by atoms with Crippen LogP contribution in [0, 0.1) is 11.6 Å². The maximum Gasteiger partial charge on any atom is 0.142 e. The van der Waals surface area contributed by atoms with Crippen molar-refractivity contribution in [1.82, 2.24) is 0 Å². The highest BCUT2D eigenvalue weighted by Crippen LogP contribution is 2.27. The number of halogens is 2. The molecule has 0 aromatic heterocycles. The molecule has 4 heteroatoms. The standard InChI is InChI=1S/C14H13F2NO/c1-18-13-7-2-4-9(14(13)17)8-10-11(15)5-3-6-12(10)16/h2-7H,8,17H2,1H3. The second-order valence-electron chi connectivity index (χ2n) is 3.91. The third-order valence-electron chi connectivity index (χ3n) is 2.81. The molecule has 0 fully saturated rings. The molecule has 0 aliphatic carbocycles. The van der Waals surface area contributed by atoms with Crippen molar-refractivity contribution in [1.29, 1.82) is 0 Å². The van der Waals surface area contributed by atoms with Crippen LogP contribution in [0.15, 0.2) is 36.4 Å². The van der Waals surface area contributed by atoms with Crippen molar-refractivity contribution in [2.75, 3.05) is 12.8 Å². The van der Waals surface area contributed by atoms with E-state index >= 15 is 0 Å². The van der Waals surface area contributed by atoms with Gasteiger partial charge in [-0.25, -0.2) is 8.78 Å². The van der Waals surface area contributed by atoms with E-state index in [0.29, 0.717) is 17.0 Å². The summed E-state index contributed by atoms with van der Waals surface area (Å²) in [6.07, 6.45) is 0.0987. The molecule has 2 N–H and O–H groups in total. The van der Waals surface area contributed by atoms with Crippen molar-refractivity contribution in [2.45, 2.75) is 6.42 Å². The molecule has 2 aromatic carbocycles. The summed E-state index contributed by atoms with van der Waals surface area (Å²) < 4.78 is 32.1. The van der Waals surface area contributed by atoms with Crippen molar-refractivity contribution in [3.05, 3.63) is 59.2 Å².